The van der Waals surface area contributed by atoms with Gasteiger partial charge in [0, 0.05) is 17.4 Å². The van der Waals surface area contributed by atoms with Crippen molar-refractivity contribution in [2.45, 2.75) is 88.0 Å². The predicted octanol–water partition coefficient (Wildman–Crippen LogP) is 0.946. The molecule has 3 rings (SSSR count). The molecule has 0 aromatic rings. The first-order chi connectivity index (χ1) is 14.2. The van der Waals surface area contributed by atoms with E-state index in [1.54, 1.807) is 6.92 Å². The highest BCUT2D eigenvalue weighted by molar-refractivity contribution is 9.09. The maximum absolute atomic E-state index is 13.6. The van der Waals surface area contributed by atoms with Crippen LogP contribution in [-0.2, 0) is 19.1 Å². The average Bonchev–Trinajstić information content (AvgIpc) is 3.29. The van der Waals surface area contributed by atoms with Gasteiger partial charge in [-0.25, -0.2) is 0 Å². The molecule has 3 heterocycles. The lowest BCUT2D eigenvalue weighted by Gasteiger charge is -2.36. The summed E-state index contributed by atoms with van der Waals surface area (Å²) >= 11 is 3.63. The number of halogens is 1. The second-order valence-electron chi connectivity index (χ2n) is 8.93. The first kappa shape index (κ1) is 23.5. The molecule has 8 atom stereocenters. The van der Waals surface area contributed by atoms with Gasteiger partial charge in [-0.1, -0.05) is 36.2 Å². The number of rotatable bonds is 9. The SMILES string of the molecule is CCCNC(=O)[C@H]1[C@@H]2OC3(CC2Br)C(C(=O)NC(C)CCC)N([C@H](C)CO)C(=O)[C@H]13. The fraction of sp³-hybridized carbons (Fsp3) is 0.857. The van der Waals surface area contributed by atoms with Crippen molar-refractivity contribution in [2.75, 3.05) is 13.2 Å². The van der Waals surface area contributed by atoms with Crippen LogP contribution >= 0.6 is 15.9 Å². The van der Waals surface area contributed by atoms with Gasteiger partial charge in [-0.2, -0.15) is 0 Å². The van der Waals surface area contributed by atoms with Crippen LogP contribution in [0.15, 0.2) is 0 Å². The molecular weight excluding hydrogens is 454 g/mol. The number of carbonyl (C=O) groups excluding carboxylic acids is 3. The minimum atomic E-state index is -1.07. The van der Waals surface area contributed by atoms with Crippen LogP contribution in [-0.4, -0.2) is 75.5 Å². The Bertz CT molecular complexity index is 692. The number of aliphatic hydroxyl groups is 1. The molecule has 8 nitrogen and oxygen atoms in total. The highest BCUT2D eigenvalue weighted by Gasteiger charge is 2.76. The Hall–Kier alpha value is -1.19. The fourth-order valence-electron chi connectivity index (χ4n) is 5.42. The molecule has 3 N–H and O–H groups in total. The zero-order valence-corrected chi connectivity index (χ0v) is 19.8. The molecular formula is C21H34BrN3O5. The zero-order chi connectivity index (χ0) is 22.2. The van der Waals surface area contributed by atoms with Gasteiger partial charge < -0.3 is 25.4 Å². The van der Waals surface area contributed by atoms with Gasteiger partial charge in [0.1, 0.15) is 11.6 Å². The number of alkyl halides is 1. The van der Waals surface area contributed by atoms with Crippen LogP contribution in [0.25, 0.3) is 0 Å². The minimum Gasteiger partial charge on any atom is -0.394 e. The lowest BCUT2D eigenvalue weighted by molar-refractivity contribution is -0.145. The van der Waals surface area contributed by atoms with E-state index in [-0.39, 0.29) is 35.2 Å². The summed E-state index contributed by atoms with van der Waals surface area (Å²) < 4.78 is 6.37. The summed E-state index contributed by atoms with van der Waals surface area (Å²) in [6, 6.07) is -1.46. The molecule has 1 spiro atoms. The number of nitrogens with zero attached hydrogens (tertiary/aromatic N) is 1. The number of hydrogen-bond donors (Lipinski definition) is 3. The van der Waals surface area contributed by atoms with E-state index < -0.39 is 35.6 Å². The summed E-state index contributed by atoms with van der Waals surface area (Å²) in [7, 11) is 0. The summed E-state index contributed by atoms with van der Waals surface area (Å²) in [6.07, 6.45) is 2.56. The minimum absolute atomic E-state index is 0.0404. The van der Waals surface area contributed by atoms with Gasteiger partial charge in [0.25, 0.3) is 0 Å². The molecule has 170 valence electrons. The van der Waals surface area contributed by atoms with Gasteiger partial charge >= 0.3 is 0 Å². The Labute approximate surface area is 186 Å². The number of nitrogens with one attached hydrogen (secondary N) is 2. The van der Waals surface area contributed by atoms with E-state index in [1.165, 1.54) is 4.90 Å². The quantitative estimate of drug-likeness (QED) is 0.419. The number of fused-ring (bicyclic) bond motifs is 1. The van der Waals surface area contributed by atoms with Gasteiger partial charge in [-0.15, -0.1) is 0 Å². The first-order valence-electron chi connectivity index (χ1n) is 11.1. The molecule has 0 saturated carbocycles. The average molecular weight is 488 g/mol. The van der Waals surface area contributed by atoms with Crippen molar-refractivity contribution in [2.24, 2.45) is 11.8 Å². The molecule has 9 heteroatoms. The highest BCUT2D eigenvalue weighted by Crippen LogP contribution is 2.60. The molecule has 3 amide bonds. The van der Waals surface area contributed by atoms with Crippen molar-refractivity contribution in [3.8, 4) is 0 Å². The summed E-state index contributed by atoms with van der Waals surface area (Å²) in [5.74, 6) is -2.13. The van der Waals surface area contributed by atoms with E-state index in [0.29, 0.717) is 13.0 Å². The van der Waals surface area contributed by atoms with Crippen molar-refractivity contribution in [3.63, 3.8) is 0 Å². The number of aliphatic hydroxyl groups excluding tert-OH is 1. The molecule has 3 saturated heterocycles. The Balaban J connectivity index is 1.98. The van der Waals surface area contributed by atoms with Crippen LogP contribution < -0.4 is 10.6 Å². The van der Waals surface area contributed by atoms with Crippen LogP contribution in [0.4, 0.5) is 0 Å². The van der Waals surface area contributed by atoms with E-state index in [0.717, 1.165) is 19.3 Å². The third-order valence-electron chi connectivity index (χ3n) is 6.68. The Morgan fingerprint density at radius 1 is 1.30 bits per heavy atom. The predicted molar refractivity (Wildman–Crippen MR) is 115 cm³/mol. The van der Waals surface area contributed by atoms with Crippen LogP contribution in [0.1, 0.15) is 53.4 Å². The van der Waals surface area contributed by atoms with Crippen molar-refractivity contribution in [1.82, 2.24) is 15.5 Å². The molecule has 0 aliphatic carbocycles. The van der Waals surface area contributed by atoms with E-state index in [1.807, 2.05) is 20.8 Å². The van der Waals surface area contributed by atoms with Crippen molar-refractivity contribution in [3.05, 3.63) is 0 Å². The van der Waals surface area contributed by atoms with Gasteiger partial charge in [0.15, 0.2) is 0 Å². The van der Waals surface area contributed by atoms with E-state index >= 15 is 0 Å². The summed E-state index contributed by atoms with van der Waals surface area (Å²) in [5, 5.41) is 15.7. The summed E-state index contributed by atoms with van der Waals surface area (Å²) in [5.41, 5.74) is -1.07. The molecule has 2 bridgehead atoms. The standard InChI is InChI=1S/C21H34BrN3O5/c1-5-7-11(3)24-19(28)17-21-9-13(22)16(30-21)14(18(27)23-8-6-2)15(21)20(29)25(17)12(4)10-26/h11-17,26H,5-10H2,1-4H3,(H,23,27)(H,24,28)/t11?,12-,13?,14-,15+,16-,17?,21?/m1/s1. The summed E-state index contributed by atoms with van der Waals surface area (Å²) in [4.78, 5) is 41.3. The zero-order valence-electron chi connectivity index (χ0n) is 18.2. The molecule has 3 aliphatic heterocycles. The van der Waals surface area contributed by atoms with Crippen molar-refractivity contribution < 1.29 is 24.2 Å². The van der Waals surface area contributed by atoms with Crippen LogP contribution in [0.5, 0.6) is 0 Å². The largest absolute Gasteiger partial charge is 0.394 e. The Morgan fingerprint density at radius 2 is 2.00 bits per heavy atom. The molecule has 4 unspecified atom stereocenters. The van der Waals surface area contributed by atoms with Crippen LogP contribution in [0.2, 0.25) is 0 Å². The molecule has 3 fully saturated rings. The lowest BCUT2D eigenvalue weighted by Crippen LogP contribution is -2.58. The smallest absolute Gasteiger partial charge is 0.246 e. The number of amides is 3. The maximum atomic E-state index is 13.6. The van der Waals surface area contributed by atoms with Gasteiger partial charge in [0.05, 0.1) is 30.6 Å². The molecule has 3 aliphatic rings. The van der Waals surface area contributed by atoms with E-state index in [9.17, 15) is 19.5 Å². The Morgan fingerprint density at radius 3 is 2.60 bits per heavy atom. The highest BCUT2D eigenvalue weighted by atomic mass is 79.9. The van der Waals surface area contributed by atoms with Crippen LogP contribution in [0, 0.1) is 11.8 Å². The topological polar surface area (TPSA) is 108 Å². The molecule has 0 aromatic heterocycles. The van der Waals surface area contributed by atoms with Crippen LogP contribution in [0.3, 0.4) is 0 Å². The molecule has 30 heavy (non-hydrogen) atoms. The molecule has 0 radical (unpaired) electrons. The third-order valence-corrected chi connectivity index (χ3v) is 7.52. The number of carbonyl (C=O) groups is 3. The summed E-state index contributed by atoms with van der Waals surface area (Å²) in [6.45, 7) is 7.93. The number of likely N-dealkylation sites (tertiary alicyclic amines) is 1. The second kappa shape index (κ2) is 9.12. The molecule has 0 aromatic carbocycles. The van der Waals surface area contributed by atoms with E-state index in [4.69, 9.17) is 4.74 Å². The van der Waals surface area contributed by atoms with Gasteiger partial charge in [-0.3, -0.25) is 14.4 Å². The Kier molecular flexibility index (Phi) is 7.14. The van der Waals surface area contributed by atoms with Gasteiger partial charge in [-0.05, 0) is 33.1 Å². The third kappa shape index (κ3) is 3.66. The monoisotopic (exact) mass is 487 g/mol. The maximum Gasteiger partial charge on any atom is 0.246 e. The van der Waals surface area contributed by atoms with Gasteiger partial charge in [0.2, 0.25) is 17.7 Å². The first-order valence-corrected chi connectivity index (χ1v) is 12.0. The number of hydrogen-bond acceptors (Lipinski definition) is 5. The van der Waals surface area contributed by atoms with E-state index in [2.05, 4.69) is 26.6 Å². The normalized spacial score (nSPS) is 36.5. The number of ether oxygens (including phenoxy) is 1. The lowest BCUT2D eigenvalue weighted by atomic mass is 9.70. The second-order valence-corrected chi connectivity index (χ2v) is 10.1. The van der Waals surface area contributed by atoms with Crippen molar-refractivity contribution in [1.29, 1.82) is 0 Å². The van der Waals surface area contributed by atoms with Crippen molar-refractivity contribution >= 4 is 33.7 Å². The fourth-order valence-corrected chi connectivity index (χ4v) is 6.36.